The Labute approximate surface area is 218 Å². The van der Waals surface area contributed by atoms with E-state index in [1.807, 2.05) is 49.4 Å². The van der Waals surface area contributed by atoms with Gasteiger partial charge in [-0.2, -0.15) is 0 Å². The van der Waals surface area contributed by atoms with E-state index in [1.54, 1.807) is 10.7 Å². The van der Waals surface area contributed by atoms with E-state index in [9.17, 15) is 9.59 Å². The molecule has 4 aromatic rings. The highest BCUT2D eigenvalue weighted by atomic mass is 16.7. The molecule has 0 saturated carbocycles. The first-order valence-corrected chi connectivity index (χ1v) is 12.8. The van der Waals surface area contributed by atoms with Crippen LogP contribution in [-0.2, 0) is 16.1 Å². The SMILES string of the molecule is CCOC(=O)C1CCN([C@@H](c2cc3cc4c(cc3[nH]c2=O)OCO4)c2nnnn2Cc2ccccc2)CC1. The molecule has 11 nitrogen and oxygen atoms in total. The minimum Gasteiger partial charge on any atom is -0.466 e. The second-order valence-electron chi connectivity index (χ2n) is 9.49. The third-order valence-electron chi connectivity index (χ3n) is 7.15. The summed E-state index contributed by atoms with van der Waals surface area (Å²) in [6.07, 6.45) is 1.25. The van der Waals surface area contributed by atoms with Crippen molar-refractivity contribution in [3.8, 4) is 11.5 Å². The number of aromatic amines is 1. The van der Waals surface area contributed by atoms with E-state index in [4.69, 9.17) is 14.2 Å². The maximum absolute atomic E-state index is 13.5. The molecule has 0 aliphatic carbocycles. The van der Waals surface area contributed by atoms with Gasteiger partial charge >= 0.3 is 5.97 Å². The maximum atomic E-state index is 13.5. The van der Waals surface area contributed by atoms with Crippen LogP contribution in [-0.4, -0.2) is 62.5 Å². The Morgan fingerprint density at radius 1 is 1.13 bits per heavy atom. The molecule has 38 heavy (non-hydrogen) atoms. The van der Waals surface area contributed by atoms with Crippen LogP contribution in [0, 0.1) is 5.92 Å². The quantitative estimate of drug-likeness (QED) is 0.369. The van der Waals surface area contributed by atoms with Crippen molar-refractivity contribution in [3.05, 3.63) is 75.8 Å². The summed E-state index contributed by atoms with van der Waals surface area (Å²) < 4.78 is 18.0. The topological polar surface area (TPSA) is 124 Å². The number of nitrogens with one attached hydrogen (secondary N) is 1. The molecule has 1 atom stereocenters. The lowest BCUT2D eigenvalue weighted by Crippen LogP contribution is -2.42. The van der Waals surface area contributed by atoms with Crippen molar-refractivity contribution < 1.29 is 19.0 Å². The minimum atomic E-state index is -0.518. The molecule has 0 bridgehead atoms. The van der Waals surface area contributed by atoms with Crippen molar-refractivity contribution in [2.75, 3.05) is 26.5 Å². The van der Waals surface area contributed by atoms with Crippen LogP contribution in [0.1, 0.15) is 42.8 Å². The summed E-state index contributed by atoms with van der Waals surface area (Å²) in [5.74, 6) is 1.47. The van der Waals surface area contributed by atoms with Crippen molar-refractivity contribution in [3.63, 3.8) is 0 Å². The fourth-order valence-electron chi connectivity index (χ4n) is 5.24. The standard InChI is InChI=1S/C27H28N6O5/c1-2-36-27(35)18-8-10-32(11-9-18)24(25-29-30-31-33(25)15-17-6-4-3-5-7-17)20-12-19-13-22-23(38-16-37-22)14-21(19)28-26(20)34/h3-7,12-14,18,24H,2,8-11,15-16H2,1H3,(H,28,34)/t24-/m0/s1. The zero-order chi connectivity index (χ0) is 26.1. The van der Waals surface area contributed by atoms with E-state index in [0.29, 0.717) is 67.5 Å². The van der Waals surface area contributed by atoms with Gasteiger partial charge in [-0.15, -0.1) is 5.10 Å². The highest BCUT2D eigenvalue weighted by Gasteiger charge is 2.35. The molecule has 0 amide bonds. The number of carbonyl (C=O) groups excluding carboxylic acids is 1. The van der Waals surface area contributed by atoms with E-state index in [1.165, 1.54) is 0 Å². The minimum absolute atomic E-state index is 0.148. The molecule has 0 spiro atoms. The van der Waals surface area contributed by atoms with Crippen LogP contribution in [0.15, 0.2) is 53.3 Å². The molecule has 2 aromatic heterocycles. The average molecular weight is 517 g/mol. The number of esters is 1. The second kappa shape index (κ2) is 10.3. The lowest BCUT2D eigenvalue weighted by molar-refractivity contribution is -0.149. The number of benzene rings is 2. The number of tetrazole rings is 1. The van der Waals surface area contributed by atoms with E-state index >= 15 is 0 Å². The monoisotopic (exact) mass is 516 g/mol. The van der Waals surface area contributed by atoms with Gasteiger partial charge in [0.2, 0.25) is 6.79 Å². The van der Waals surface area contributed by atoms with Crippen LogP contribution in [0.5, 0.6) is 11.5 Å². The number of fused-ring (bicyclic) bond motifs is 2. The van der Waals surface area contributed by atoms with Crippen LogP contribution < -0.4 is 15.0 Å². The van der Waals surface area contributed by atoms with Crippen LogP contribution in [0.3, 0.4) is 0 Å². The molecule has 196 valence electrons. The zero-order valence-electron chi connectivity index (χ0n) is 21.0. The van der Waals surface area contributed by atoms with Gasteiger partial charge in [-0.3, -0.25) is 14.5 Å². The molecule has 1 fully saturated rings. The number of piperidine rings is 1. The highest BCUT2D eigenvalue weighted by Crippen LogP contribution is 2.37. The average Bonchev–Trinajstić information content (AvgIpc) is 3.58. The molecule has 2 aliphatic rings. The molecule has 6 rings (SSSR count). The number of ether oxygens (including phenoxy) is 3. The third-order valence-corrected chi connectivity index (χ3v) is 7.15. The Bertz CT molecular complexity index is 1510. The first-order chi connectivity index (χ1) is 18.6. The normalized spacial score (nSPS) is 16.6. The van der Waals surface area contributed by atoms with Gasteiger partial charge in [-0.25, -0.2) is 4.68 Å². The van der Waals surface area contributed by atoms with E-state index in [-0.39, 0.29) is 24.2 Å². The molecule has 2 aromatic carbocycles. The van der Waals surface area contributed by atoms with Gasteiger partial charge in [0, 0.05) is 30.1 Å². The van der Waals surface area contributed by atoms with Crippen molar-refractivity contribution in [2.45, 2.75) is 32.4 Å². The van der Waals surface area contributed by atoms with Crippen LogP contribution in [0.25, 0.3) is 10.9 Å². The van der Waals surface area contributed by atoms with Gasteiger partial charge in [-0.05, 0) is 47.9 Å². The van der Waals surface area contributed by atoms with Gasteiger partial charge in [0.1, 0.15) is 6.04 Å². The van der Waals surface area contributed by atoms with Gasteiger partial charge in [0.25, 0.3) is 5.56 Å². The summed E-state index contributed by atoms with van der Waals surface area (Å²) in [5, 5.41) is 13.5. The number of likely N-dealkylation sites (tertiary alicyclic amines) is 1. The molecule has 1 saturated heterocycles. The van der Waals surface area contributed by atoms with Gasteiger partial charge in [0.05, 0.1) is 24.6 Å². The number of rotatable bonds is 7. The summed E-state index contributed by atoms with van der Waals surface area (Å²) in [4.78, 5) is 31.1. The predicted octanol–water partition coefficient (Wildman–Crippen LogP) is 2.66. The molecule has 1 N–H and O–H groups in total. The zero-order valence-corrected chi connectivity index (χ0v) is 21.0. The number of pyridine rings is 1. The van der Waals surface area contributed by atoms with Gasteiger partial charge in [-0.1, -0.05) is 30.3 Å². The largest absolute Gasteiger partial charge is 0.466 e. The van der Waals surface area contributed by atoms with Crippen molar-refractivity contribution in [1.29, 1.82) is 0 Å². The highest BCUT2D eigenvalue weighted by molar-refractivity contribution is 5.83. The summed E-state index contributed by atoms with van der Waals surface area (Å²) in [6, 6.07) is 14.9. The van der Waals surface area contributed by atoms with E-state index in [0.717, 1.165) is 10.9 Å². The molecule has 0 unspecified atom stereocenters. The Hall–Kier alpha value is -4.25. The fraction of sp³-hybridized carbons (Fsp3) is 0.370. The number of H-pyrrole nitrogens is 1. The van der Waals surface area contributed by atoms with Crippen LogP contribution in [0.2, 0.25) is 0 Å². The molecular weight excluding hydrogens is 488 g/mol. The van der Waals surface area contributed by atoms with Gasteiger partial charge < -0.3 is 19.2 Å². The Morgan fingerprint density at radius 2 is 1.89 bits per heavy atom. The van der Waals surface area contributed by atoms with E-state index in [2.05, 4.69) is 25.4 Å². The van der Waals surface area contributed by atoms with Gasteiger partial charge in [0.15, 0.2) is 17.3 Å². The molecule has 11 heteroatoms. The second-order valence-corrected chi connectivity index (χ2v) is 9.49. The number of aromatic nitrogens is 5. The third kappa shape index (κ3) is 4.60. The van der Waals surface area contributed by atoms with Crippen molar-refractivity contribution in [2.24, 2.45) is 5.92 Å². The Morgan fingerprint density at radius 3 is 2.66 bits per heavy atom. The lowest BCUT2D eigenvalue weighted by atomic mass is 9.94. The van der Waals surface area contributed by atoms with Crippen molar-refractivity contribution >= 4 is 16.9 Å². The maximum Gasteiger partial charge on any atom is 0.309 e. The Kier molecular flexibility index (Phi) is 6.50. The summed E-state index contributed by atoms with van der Waals surface area (Å²) in [6.45, 7) is 3.96. The van der Waals surface area contributed by atoms with Crippen LogP contribution >= 0.6 is 0 Å². The smallest absolute Gasteiger partial charge is 0.309 e. The molecule has 2 aliphatic heterocycles. The molecule has 0 radical (unpaired) electrons. The van der Waals surface area contributed by atoms with Crippen molar-refractivity contribution in [1.82, 2.24) is 30.1 Å². The summed E-state index contributed by atoms with van der Waals surface area (Å²) in [7, 11) is 0. The number of hydrogen-bond donors (Lipinski definition) is 1. The fourth-order valence-corrected chi connectivity index (χ4v) is 5.24. The molecule has 4 heterocycles. The lowest BCUT2D eigenvalue weighted by Gasteiger charge is -2.36. The predicted molar refractivity (Wildman–Crippen MR) is 137 cm³/mol. The first kappa shape index (κ1) is 24.1. The van der Waals surface area contributed by atoms with Crippen LogP contribution in [0.4, 0.5) is 0 Å². The first-order valence-electron chi connectivity index (χ1n) is 12.8. The summed E-state index contributed by atoms with van der Waals surface area (Å²) >= 11 is 0. The number of nitrogens with zero attached hydrogens (tertiary/aromatic N) is 5. The Balaban J connectivity index is 1.40. The summed E-state index contributed by atoms with van der Waals surface area (Å²) in [5.41, 5.74) is 1.99. The number of carbonyl (C=O) groups is 1. The molecular formula is C27H28N6O5. The number of hydrogen-bond acceptors (Lipinski definition) is 9. The van der Waals surface area contributed by atoms with E-state index < -0.39 is 6.04 Å².